The number of nitrogens with one attached hydrogen (secondary N) is 1. The molecule has 3 aliphatic rings. The topological polar surface area (TPSA) is 52.7 Å². The summed E-state index contributed by atoms with van der Waals surface area (Å²) in [6.07, 6.45) is 5.65. The van der Waals surface area contributed by atoms with Crippen LogP contribution in [0.2, 0.25) is 0 Å². The highest BCUT2D eigenvalue weighted by atomic mass is 16.2. The second-order valence-electron chi connectivity index (χ2n) is 7.61. The van der Waals surface area contributed by atoms with Crippen LogP contribution in [0.15, 0.2) is 24.3 Å². The van der Waals surface area contributed by atoms with Crippen molar-refractivity contribution in [2.45, 2.75) is 44.6 Å². The molecule has 1 aromatic carbocycles. The molecule has 5 nitrogen and oxygen atoms in total. The van der Waals surface area contributed by atoms with E-state index in [1.54, 1.807) is 0 Å². The van der Waals surface area contributed by atoms with Crippen molar-refractivity contribution in [2.24, 2.45) is 5.92 Å². The molecule has 0 aromatic heterocycles. The average Bonchev–Trinajstić information content (AvgIpc) is 2.65. The fraction of sp³-hybridized carbons (Fsp3) is 0.600. The van der Waals surface area contributed by atoms with E-state index >= 15 is 0 Å². The quantitative estimate of drug-likeness (QED) is 0.918. The van der Waals surface area contributed by atoms with Gasteiger partial charge in [-0.1, -0.05) is 24.6 Å². The maximum atomic E-state index is 12.6. The summed E-state index contributed by atoms with van der Waals surface area (Å²) in [5.41, 5.74) is 2.10. The molecule has 0 radical (unpaired) electrons. The van der Waals surface area contributed by atoms with E-state index in [0.29, 0.717) is 18.9 Å². The third kappa shape index (κ3) is 3.56. The summed E-state index contributed by atoms with van der Waals surface area (Å²) in [4.78, 5) is 29.5. The van der Waals surface area contributed by atoms with Gasteiger partial charge in [-0.15, -0.1) is 0 Å². The minimum absolute atomic E-state index is 0.0589. The molecule has 2 saturated heterocycles. The van der Waals surface area contributed by atoms with Crippen LogP contribution in [0.5, 0.6) is 0 Å². The Morgan fingerprint density at radius 3 is 2.96 bits per heavy atom. The molecule has 4 rings (SSSR count). The van der Waals surface area contributed by atoms with E-state index in [0.717, 1.165) is 31.7 Å². The summed E-state index contributed by atoms with van der Waals surface area (Å²) in [5, 5.41) is 2.98. The van der Waals surface area contributed by atoms with E-state index in [9.17, 15) is 9.59 Å². The highest BCUT2D eigenvalue weighted by Gasteiger charge is 2.32. The molecule has 2 fully saturated rings. The molecule has 5 heteroatoms. The largest absolute Gasteiger partial charge is 0.340 e. The highest BCUT2D eigenvalue weighted by molar-refractivity contribution is 5.96. The van der Waals surface area contributed by atoms with Crippen molar-refractivity contribution < 1.29 is 9.59 Å². The maximum Gasteiger partial charge on any atom is 0.227 e. The van der Waals surface area contributed by atoms with E-state index in [-0.39, 0.29) is 17.7 Å². The summed E-state index contributed by atoms with van der Waals surface area (Å²) in [6, 6.07) is 8.50. The van der Waals surface area contributed by atoms with Crippen molar-refractivity contribution >= 4 is 17.5 Å². The minimum atomic E-state index is -0.0881. The molecule has 0 unspecified atom stereocenters. The van der Waals surface area contributed by atoms with E-state index in [4.69, 9.17) is 0 Å². The van der Waals surface area contributed by atoms with Gasteiger partial charge in [0, 0.05) is 43.7 Å². The van der Waals surface area contributed by atoms with Gasteiger partial charge in [0.25, 0.3) is 0 Å². The first kappa shape index (κ1) is 16.6. The van der Waals surface area contributed by atoms with Crippen molar-refractivity contribution in [3.63, 3.8) is 0 Å². The standard InChI is InChI=1S/C20H27N3O2/c24-19(23-12-11-22-10-4-3-6-17(22)14-23)9-8-16-13-15-5-1-2-7-18(15)21-20(16)25/h1-2,5,7,16-17H,3-4,6,8-14H2,(H,21,25)/t16-,17-/m0/s1. The number of benzene rings is 1. The number of piperazine rings is 1. The number of rotatable bonds is 3. The minimum Gasteiger partial charge on any atom is -0.340 e. The first-order valence-electron chi connectivity index (χ1n) is 9.61. The smallest absolute Gasteiger partial charge is 0.227 e. The molecule has 0 spiro atoms. The van der Waals surface area contributed by atoms with E-state index in [1.807, 2.05) is 23.1 Å². The Morgan fingerprint density at radius 1 is 1.16 bits per heavy atom. The number of carbonyl (C=O) groups is 2. The monoisotopic (exact) mass is 341 g/mol. The number of piperidine rings is 1. The first-order valence-corrected chi connectivity index (χ1v) is 9.61. The molecule has 0 aliphatic carbocycles. The van der Waals surface area contributed by atoms with Gasteiger partial charge >= 0.3 is 0 Å². The van der Waals surface area contributed by atoms with Gasteiger partial charge in [0.1, 0.15) is 0 Å². The predicted molar refractivity (Wildman–Crippen MR) is 97.3 cm³/mol. The van der Waals surface area contributed by atoms with Crippen LogP contribution >= 0.6 is 0 Å². The van der Waals surface area contributed by atoms with Crippen LogP contribution in [0.4, 0.5) is 5.69 Å². The van der Waals surface area contributed by atoms with Gasteiger partial charge < -0.3 is 10.2 Å². The van der Waals surface area contributed by atoms with Crippen LogP contribution in [0.25, 0.3) is 0 Å². The zero-order valence-electron chi connectivity index (χ0n) is 14.7. The van der Waals surface area contributed by atoms with Crippen LogP contribution < -0.4 is 5.32 Å². The third-order valence-corrected chi connectivity index (χ3v) is 6.01. The van der Waals surface area contributed by atoms with E-state index < -0.39 is 0 Å². The molecular formula is C20H27N3O2. The van der Waals surface area contributed by atoms with Gasteiger partial charge in [-0.3, -0.25) is 14.5 Å². The Bertz CT molecular complexity index is 660. The molecule has 25 heavy (non-hydrogen) atoms. The summed E-state index contributed by atoms with van der Waals surface area (Å²) in [5.74, 6) is 0.190. The van der Waals surface area contributed by atoms with E-state index in [2.05, 4.69) is 16.3 Å². The summed E-state index contributed by atoms with van der Waals surface area (Å²) in [7, 11) is 0. The second-order valence-corrected chi connectivity index (χ2v) is 7.61. The number of fused-ring (bicyclic) bond motifs is 2. The lowest BCUT2D eigenvalue weighted by Crippen LogP contribution is -2.56. The maximum absolute atomic E-state index is 12.6. The Hall–Kier alpha value is -1.88. The average molecular weight is 341 g/mol. The van der Waals surface area contributed by atoms with Gasteiger partial charge in [-0.25, -0.2) is 0 Å². The van der Waals surface area contributed by atoms with Crippen LogP contribution in [0, 0.1) is 5.92 Å². The highest BCUT2D eigenvalue weighted by Crippen LogP contribution is 2.28. The number of amides is 2. The van der Waals surface area contributed by atoms with Crippen molar-refractivity contribution in [1.29, 1.82) is 0 Å². The van der Waals surface area contributed by atoms with Gasteiger partial charge in [0.2, 0.25) is 11.8 Å². The third-order valence-electron chi connectivity index (χ3n) is 6.01. The lowest BCUT2D eigenvalue weighted by molar-refractivity contribution is -0.135. The zero-order valence-corrected chi connectivity index (χ0v) is 14.7. The van der Waals surface area contributed by atoms with Crippen LogP contribution in [-0.4, -0.2) is 53.8 Å². The van der Waals surface area contributed by atoms with E-state index in [1.165, 1.54) is 31.4 Å². The molecule has 1 N–H and O–H groups in total. The Labute approximate surface area is 149 Å². The summed E-state index contributed by atoms with van der Waals surface area (Å²) < 4.78 is 0. The summed E-state index contributed by atoms with van der Waals surface area (Å²) >= 11 is 0. The van der Waals surface area contributed by atoms with Crippen LogP contribution in [0.1, 0.15) is 37.7 Å². The van der Waals surface area contributed by atoms with Crippen molar-refractivity contribution in [3.05, 3.63) is 29.8 Å². The number of para-hydroxylation sites is 1. The first-order chi connectivity index (χ1) is 12.2. The number of anilines is 1. The number of hydrogen-bond donors (Lipinski definition) is 1. The molecule has 2 amide bonds. The van der Waals surface area contributed by atoms with Crippen molar-refractivity contribution in [1.82, 2.24) is 9.80 Å². The Morgan fingerprint density at radius 2 is 2.04 bits per heavy atom. The zero-order chi connectivity index (χ0) is 17.2. The Balaban J connectivity index is 1.31. The molecular weight excluding hydrogens is 314 g/mol. The molecule has 0 bridgehead atoms. The molecule has 0 saturated carbocycles. The molecule has 3 heterocycles. The van der Waals surface area contributed by atoms with Gasteiger partial charge in [0.05, 0.1) is 0 Å². The van der Waals surface area contributed by atoms with Gasteiger partial charge in [0.15, 0.2) is 0 Å². The van der Waals surface area contributed by atoms with Crippen molar-refractivity contribution in [2.75, 3.05) is 31.5 Å². The fourth-order valence-electron chi connectivity index (χ4n) is 4.48. The fourth-order valence-corrected chi connectivity index (χ4v) is 4.48. The van der Waals surface area contributed by atoms with Gasteiger partial charge in [-0.05, 0) is 43.9 Å². The number of carbonyl (C=O) groups excluding carboxylic acids is 2. The molecule has 3 aliphatic heterocycles. The SMILES string of the molecule is O=C1Nc2ccccc2C[C@@H]1CCC(=O)N1CCN2CCCC[C@H]2C1. The summed E-state index contributed by atoms with van der Waals surface area (Å²) in [6.45, 7) is 3.91. The van der Waals surface area contributed by atoms with Crippen LogP contribution in [-0.2, 0) is 16.0 Å². The normalized spacial score (nSPS) is 26.6. The molecule has 134 valence electrons. The lowest BCUT2D eigenvalue weighted by Gasteiger charge is -2.44. The number of nitrogens with zero attached hydrogens (tertiary/aromatic N) is 2. The van der Waals surface area contributed by atoms with Crippen LogP contribution in [0.3, 0.4) is 0 Å². The van der Waals surface area contributed by atoms with Gasteiger partial charge in [-0.2, -0.15) is 0 Å². The lowest BCUT2D eigenvalue weighted by atomic mass is 9.89. The predicted octanol–water partition coefficient (Wildman–Crippen LogP) is 2.27. The second kappa shape index (κ2) is 7.16. The molecule has 1 aromatic rings. The van der Waals surface area contributed by atoms with Crippen molar-refractivity contribution in [3.8, 4) is 0 Å². The Kier molecular flexibility index (Phi) is 4.75. The molecule has 2 atom stereocenters. The number of hydrogen-bond acceptors (Lipinski definition) is 3.